The van der Waals surface area contributed by atoms with Crippen LogP contribution in [0, 0.1) is 0 Å². The van der Waals surface area contributed by atoms with Gasteiger partial charge in [0.1, 0.15) is 12.4 Å². The smallest absolute Gasteiger partial charge is 0.411 e. The highest BCUT2D eigenvalue weighted by atomic mass is 16.5. The second-order valence-corrected chi connectivity index (χ2v) is 8.38. The summed E-state index contributed by atoms with van der Waals surface area (Å²) in [6.45, 7) is 7.47. The van der Waals surface area contributed by atoms with Crippen molar-refractivity contribution in [3.8, 4) is 0 Å². The lowest BCUT2D eigenvalue weighted by Gasteiger charge is -2.28. The molecule has 0 bridgehead atoms. The van der Waals surface area contributed by atoms with E-state index >= 15 is 0 Å². The lowest BCUT2D eigenvalue weighted by Crippen LogP contribution is -2.36. The molecule has 190 valence electrons. The van der Waals surface area contributed by atoms with Crippen LogP contribution < -0.4 is 21.3 Å². The molecular weight excluding hydrogens is 466 g/mol. The predicted octanol–water partition coefficient (Wildman–Crippen LogP) is 5.23. The highest BCUT2D eigenvalue weighted by Gasteiger charge is 2.10. The molecule has 3 aromatic carbocycles. The molecule has 0 unspecified atom stereocenters. The summed E-state index contributed by atoms with van der Waals surface area (Å²) in [6.07, 6.45) is 2.78. The van der Waals surface area contributed by atoms with Crippen LogP contribution in [0.5, 0.6) is 0 Å². The van der Waals surface area contributed by atoms with Gasteiger partial charge in [0.05, 0.1) is 13.2 Å². The number of aliphatic imine (C=N–C) groups is 1. The van der Waals surface area contributed by atoms with Gasteiger partial charge in [0.2, 0.25) is 0 Å². The number of nitrogens with two attached hydrogens (primary N) is 1. The molecule has 4 N–H and O–H groups in total. The van der Waals surface area contributed by atoms with Crippen LogP contribution in [0.15, 0.2) is 102 Å². The molecule has 8 nitrogen and oxygen atoms in total. The third-order valence-electron chi connectivity index (χ3n) is 5.69. The highest BCUT2D eigenvalue weighted by molar-refractivity contribution is 5.86. The average Bonchev–Trinajstić information content (AvgIpc) is 2.94. The number of carbonyl (C=O) groups is 1. The van der Waals surface area contributed by atoms with Gasteiger partial charge in [-0.25, -0.2) is 9.79 Å². The van der Waals surface area contributed by atoms with Crippen LogP contribution in [0.3, 0.4) is 0 Å². The highest BCUT2D eigenvalue weighted by Crippen LogP contribution is 2.20. The number of hydrogen-bond donors (Lipinski definition) is 3. The summed E-state index contributed by atoms with van der Waals surface area (Å²) >= 11 is 0. The van der Waals surface area contributed by atoms with E-state index in [0.717, 1.165) is 43.1 Å². The van der Waals surface area contributed by atoms with Gasteiger partial charge < -0.3 is 25.4 Å². The first-order valence-electron chi connectivity index (χ1n) is 12.0. The molecule has 1 amide bonds. The van der Waals surface area contributed by atoms with Crippen molar-refractivity contribution in [2.75, 3.05) is 41.8 Å². The fourth-order valence-electron chi connectivity index (χ4n) is 3.70. The molecule has 1 fully saturated rings. The minimum absolute atomic E-state index is 0.208. The summed E-state index contributed by atoms with van der Waals surface area (Å²) in [5.74, 6) is 0.497. The van der Waals surface area contributed by atoms with Crippen LogP contribution in [0.25, 0.3) is 5.70 Å². The summed E-state index contributed by atoms with van der Waals surface area (Å²) in [6, 6.07) is 24.8. The summed E-state index contributed by atoms with van der Waals surface area (Å²) < 4.78 is 10.6. The van der Waals surface area contributed by atoms with Crippen molar-refractivity contribution in [2.45, 2.75) is 6.61 Å². The largest absolute Gasteiger partial charge is 0.444 e. The van der Waals surface area contributed by atoms with Gasteiger partial charge in [-0.2, -0.15) is 0 Å². The molecule has 37 heavy (non-hydrogen) atoms. The molecule has 0 atom stereocenters. The zero-order valence-electron chi connectivity index (χ0n) is 20.6. The Morgan fingerprint density at radius 2 is 1.62 bits per heavy atom. The Kier molecular flexibility index (Phi) is 8.93. The van der Waals surface area contributed by atoms with Crippen LogP contribution in [0.2, 0.25) is 0 Å². The summed E-state index contributed by atoms with van der Waals surface area (Å²) in [4.78, 5) is 18.6. The van der Waals surface area contributed by atoms with Crippen molar-refractivity contribution in [3.05, 3.63) is 108 Å². The standard InChI is InChI=1S/C29H31N5O3/c1-22(32-25-11-13-27(14-12-25)34-17-19-36-20-18-34)31-16-15-28(30)24-7-9-26(10-8-24)33-29(35)37-21-23-5-3-2-4-6-23/h2-16,32H,1,17-21,30H2,(H,33,35)/b28-15-,31-16?. The van der Waals surface area contributed by atoms with Crippen molar-refractivity contribution in [2.24, 2.45) is 10.7 Å². The molecule has 0 saturated carbocycles. The zero-order valence-corrected chi connectivity index (χ0v) is 20.6. The number of nitrogens with zero attached hydrogens (tertiary/aromatic N) is 2. The van der Waals surface area contributed by atoms with E-state index in [4.69, 9.17) is 15.2 Å². The number of allylic oxidation sites excluding steroid dienone is 1. The quantitative estimate of drug-likeness (QED) is 0.350. The molecule has 0 radical (unpaired) electrons. The van der Waals surface area contributed by atoms with E-state index in [1.807, 2.05) is 54.6 Å². The van der Waals surface area contributed by atoms with Gasteiger partial charge in [0.25, 0.3) is 0 Å². The fraction of sp³-hybridized carbons (Fsp3) is 0.172. The number of hydrogen-bond acceptors (Lipinski definition) is 7. The molecule has 1 heterocycles. The van der Waals surface area contributed by atoms with Crippen molar-refractivity contribution in [3.63, 3.8) is 0 Å². The Morgan fingerprint density at radius 1 is 0.973 bits per heavy atom. The number of amides is 1. The molecule has 1 saturated heterocycles. The van der Waals surface area contributed by atoms with E-state index in [1.54, 1.807) is 24.4 Å². The van der Waals surface area contributed by atoms with Crippen molar-refractivity contribution >= 4 is 35.1 Å². The van der Waals surface area contributed by atoms with Gasteiger partial charge in [0, 0.05) is 42.1 Å². The minimum Gasteiger partial charge on any atom is -0.444 e. The Balaban J connectivity index is 1.23. The molecule has 0 aromatic heterocycles. The molecule has 1 aliphatic rings. The monoisotopic (exact) mass is 497 g/mol. The Labute approximate surface area is 217 Å². The summed E-state index contributed by atoms with van der Waals surface area (Å²) in [7, 11) is 0. The van der Waals surface area contributed by atoms with Gasteiger partial charge in [-0.3, -0.25) is 5.32 Å². The number of anilines is 3. The molecule has 4 rings (SSSR count). The van der Waals surface area contributed by atoms with Crippen molar-refractivity contribution in [1.29, 1.82) is 0 Å². The van der Waals surface area contributed by atoms with E-state index in [9.17, 15) is 4.79 Å². The average molecular weight is 498 g/mol. The van der Waals surface area contributed by atoms with Gasteiger partial charge in [-0.1, -0.05) is 49.0 Å². The van der Waals surface area contributed by atoms with E-state index in [0.29, 0.717) is 17.2 Å². The first-order chi connectivity index (χ1) is 18.1. The predicted molar refractivity (Wildman–Crippen MR) is 150 cm³/mol. The Hall–Kier alpha value is -4.56. The zero-order chi connectivity index (χ0) is 25.9. The fourth-order valence-corrected chi connectivity index (χ4v) is 3.70. The van der Waals surface area contributed by atoms with Gasteiger partial charge in [-0.15, -0.1) is 0 Å². The minimum atomic E-state index is -0.519. The maximum Gasteiger partial charge on any atom is 0.411 e. The van der Waals surface area contributed by atoms with Crippen LogP contribution in [0.1, 0.15) is 11.1 Å². The van der Waals surface area contributed by atoms with Crippen molar-refractivity contribution < 1.29 is 14.3 Å². The third kappa shape index (κ3) is 7.98. The SMILES string of the molecule is C=C(N=C/C=C(\N)c1ccc(NC(=O)OCc2ccccc2)cc1)Nc1ccc(N2CCOCC2)cc1. The van der Waals surface area contributed by atoms with Gasteiger partial charge in [-0.05, 0) is 53.6 Å². The number of morpholine rings is 1. The molecule has 1 aliphatic heterocycles. The maximum atomic E-state index is 12.0. The number of benzene rings is 3. The third-order valence-corrected chi connectivity index (χ3v) is 5.69. The van der Waals surface area contributed by atoms with E-state index in [-0.39, 0.29) is 6.61 Å². The van der Waals surface area contributed by atoms with E-state index in [1.165, 1.54) is 5.69 Å². The number of nitrogens with one attached hydrogen (secondary N) is 2. The molecule has 0 aliphatic carbocycles. The number of rotatable bonds is 9. The lowest BCUT2D eigenvalue weighted by atomic mass is 10.1. The second kappa shape index (κ2) is 12.9. The van der Waals surface area contributed by atoms with Gasteiger partial charge >= 0.3 is 6.09 Å². The Bertz CT molecular complexity index is 1230. The summed E-state index contributed by atoms with van der Waals surface area (Å²) in [5.41, 5.74) is 11.1. The molecule has 0 spiro atoms. The second-order valence-electron chi connectivity index (χ2n) is 8.38. The molecular formula is C29H31N5O3. The Morgan fingerprint density at radius 3 is 2.32 bits per heavy atom. The summed E-state index contributed by atoms with van der Waals surface area (Å²) in [5, 5.41) is 5.88. The molecule has 8 heteroatoms. The van der Waals surface area contributed by atoms with Crippen LogP contribution >= 0.6 is 0 Å². The normalized spacial score (nSPS) is 13.8. The van der Waals surface area contributed by atoms with Gasteiger partial charge in [0.15, 0.2) is 0 Å². The van der Waals surface area contributed by atoms with Crippen LogP contribution in [-0.2, 0) is 16.1 Å². The van der Waals surface area contributed by atoms with Crippen molar-refractivity contribution in [1.82, 2.24) is 0 Å². The van der Waals surface area contributed by atoms with Crippen LogP contribution in [-0.4, -0.2) is 38.6 Å². The topological polar surface area (TPSA) is 101 Å². The number of carbonyl (C=O) groups excluding carboxylic acids is 1. The lowest BCUT2D eigenvalue weighted by molar-refractivity contribution is 0.122. The van der Waals surface area contributed by atoms with E-state index in [2.05, 4.69) is 39.2 Å². The first-order valence-corrected chi connectivity index (χ1v) is 12.0. The van der Waals surface area contributed by atoms with E-state index < -0.39 is 6.09 Å². The maximum absolute atomic E-state index is 12.0. The van der Waals surface area contributed by atoms with Crippen LogP contribution in [0.4, 0.5) is 21.9 Å². The first kappa shape index (κ1) is 25.5. The number of ether oxygens (including phenoxy) is 2. The molecule has 3 aromatic rings.